The minimum Gasteiger partial charge on any atom is -0.453 e. The highest BCUT2D eigenvalue weighted by atomic mass is 32.2. The van der Waals surface area contributed by atoms with E-state index in [1.165, 1.54) is 12.1 Å². The molecule has 2 bridgehead atoms. The number of rotatable bonds is 9. The molecule has 5 rings (SSSR count). The maximum absolute atomic E-state index is 13.2. The number of esters is 1. The highest BCUT2D eigenvalue weighted by Gasteiger charge is 2.62. The molecule has 0 amide bonds. The molecule has 0 radical (unpaired) electrons. The molecule has 0 spiro atoms. The van der Waals surface area contributed by atoms with Crippen LogP contribution in [-0.4, -0.2) is 72.3 Å². The van der Waals surface area contributed by atoms with E-state index in [-0.39, 0.29) is 22.8 Å². The lowest BCUT2D eigenvalue weighted by molar-refractivity contribution is -0.384. The quantitative estimate of drug-likeness (QED) is 0.166. The fourth-order valence-electron chi connectivity index (χ4n) is 4.74. The standard InChI is InChI=1S/C27H25NO11S/c29-20-22(38-27(31)17-9-5-2-6-10-17)21(30)24-26(25(23(20)37-24)36-15-16-7-3-1-4-8-16)39-40(34,35)19-13-11-18(12-14-19)28(32)33/h1-14,20-26,29-30H,15H2/t20-,21-,22+,23+,24-,25-,26-/m1/s1. The number of aliphatic hydroxyl groups excluding tert-OH is 2. The van der Waals surface area contributed by atoms with E-state index in [0.717, 1.165) is 29.8 Å². The van der Waals surface area contributed by atoms with Gasteiger partial charge in [0.25, 0.3) is 15.8 Å². The molecular formula is C27H25NO11S. The first-order valence-corrected chi connectivity index (χ1v) is 13.7. The third-order valence-corrected chi connectivity index (χ3v) is 8.07. The Morgan fingerprint density at radius 2 is 1.43 bits per heavy atom. The van der Waals surface area contributed by atoms with Gasteiger partial charge in [0.05, 0.1) is 22.0 Å². The monoisotopic (exact) mass is 571 g/mol. The Hall–Kier alpha value is -3.72. The van der Waals surface area contributed by atoms with Crippen LogP contribution in [0.1, 0.15) is 15.9 Å². The number of hydrogen-bond donors (Lipinski definition) is 2. The van der Waals surface area contributed by atoms with Crippen LogP contribution in [-0.2, 0) is 35.1 Å². The predicted molar refractivity (Wildman–Crippen MR) is 136 cm³/mol. The average molecular weight is 572 g/mol. The van der Waals surface area contributed by atoms with E-state index >= 15 is 0 Å². The number of ether oxygens (including phenoxy) is 3. The zero-order valence-corrected chi connectivity index (χ0v) is 21.6. The summed E-state index contributed by atoms with van der Waals surface area (Å²) in [5, 5.41) is 33.2. The maximum atomic E-state index is 13.2. The van der Waals surface area contributed by atoms with Gasteiger partial charge in [-0.25, -0.2) is 4.79 Å². The molecule has 210 valence electrons. The molecular weight excluding hydrogens is 546 g/mol. The molecule has 2 saturated heterocycles. The van der Waals surface area contributed by atoms with Crippen molar-refractivity contribution in [2.24, 2.45) is 0 Å². The van der Waals surface area contributed by atoms with E-state index in [2.05, 4.69) is 0 Å². The normalized spacial score (nSPS) is 27.7. The van der Waals surface area contributed by atoms with Crippen LogP contribution in [0.25, 0.3) is 0 Å². The molecule has 2 fully saturated rings. The average Bonchev–Trinajstić information content (AvgIpc) is 3.28. The van der Waals surface area contributed by atoms with Gasteiger partial charge in [0, 0.05) is 12.1 Å². The summed E-state index contributed by atoms with van der Waals surface area (Å²) in [6.45, 7) is -0.00713. The number of fused-ring (bicyclic) bond motifs is 2. The summed E-state index contributed by atoms with van der Waals surface area (Å²) >= 11 is 0. The molecule has 0 aromatic heterocycles. The molecule has 3 aromatic carbocycles. The number of benzene rings is 3. The Kier molecular flexibility index (Phi) is 7.94. The Balaban J connectivity index is 1.42. The van der Waals surface area contributed by atoms with Crippen molar-refractivity contribution >= 4 is 21.8 Å². The third-order valence-electron chi connectivity index (χ3n) is 6.74. The fraction of sp³-hybridized carbons (Fsp3) is 0.296. The van der Waals surface area contributed by atoms with Crippen molar-refractivity contribution in [1.82, 2.24) is 0 Å². The van der Waals surface area contributed by atoms with Crippen LogP contribution < -0.4 is 0 Å². The topological polar surface area (TPSA) is 172 Å². The molecule has 0 unspecified atom stereocenters. The molecule has 12 nitrogen and oxygen atoms in total. The number of non-ortho nitro benzene ring substituents is 1. The lowest BCUT2D eigenvalue weighted by atomic mass is 10.00. The van der Waals surface area contributed by atoms with Crippen molar-refractivity contribution in [3.63, 3.8) is 0 Å². The van der Waals surface area contributed by atoms with Crippen molar-refractivity contribution in [3.8, 4) is 0 Å². The first-order chi connectivity index (χ1) is 19.2. The number of nitro groups is 1. The summed E-state index contributed by atoms with van der Waals surface area (Å²) in [5.41, 5.74) is 0.610. The van der Waals surface area contributed by atoms with E-state index in [1.54, 1.807) is 42.5 Å². The fourth-order valence-corrected chi connectivity index (χ4v) is 5.84. The smallest absolute Gasteiger partial charge is 0.338 e. The van der Waals surface area contributed by atoms with Crippen LogP contribution >= 0.6 is 0 Å². The van der Waals surface area contributed by atoms with Crippen LogP contribution in [0.4, 0.5) is 5.69 Å². The van der Waals surface area contributed by atoms with E-state index < -0.39 is 63.7 Å². The third kappa shape index (κ3) is 5.61. The number of nitro benzene ring substituents is 1. The predicted octanol–water partition coefficient (Wildman–Crippen LogP) is 1.98. The van der Waals surface area contributed by atoms with Gasteiger partial charge in [-0.3, -0.25) is 14.3 Å². The van der Waals surface area contributed by atoms with Gasteiger partial charge < -0.3 is 24.4 Å². The van der Waals surface area contributed by atoms with E-state index in [0.29, 0.717) is 0 Å². The molecule has 13 heteroatoms. The Morgan fingerprint density at radius 3 is 2.02 bits per heavy atom. The summed E-state index contributed by atoms with van der Waals surface area (Å²) < 4.78 is 49.1. The first kappa shape index (κ1) is 27.8. The number of carbonyl (C=O) groups excluding carboxylic acids is 1. The molecule has 7 atom stereocenters. The molecule has 3 aromatic rings. The lowest BCUT2D eigenvalue weighted by Crippen LogP contribution is -2.56. The molecule has 2 N–H and O–H groups in total. The highest BCUT2D eigenvalue weighted by molar-refractivity contribution is 7.86. The van der Waals surface area contributed by atoms with Crippen LogP contribution in [0, 0.1) is 10.1 Å². The number of nitrogens with zero attached hydrogens (tertiary/aromatic N) is 1. The van der Waals surface area contributed by atoms with Gasteiger partial charge in [-0.1, -0.05) is 48.5 Å². The summed E-state index contributed by atoms with van der Waals surface area (Å²) in [4.78, 5) is 22.6. The zero-order valence-electron chi connectivity index (χ0n) is 20.8. The molecule has 2 heterocycles. The summed E-state index contributed by atoms with van der Waals surface area (Å²) in [6.07, 6.45) is -9.99. The van der Waals surface area contributed by atoms with Gasteiger partial charge in [0.2, 0.25) is 0 Å². The highest BCUT2D eigenvalue weighted by Crippen LogP contribution is 2.40. The molecule has 2 aliphatic heterocycles. The number of aliphatic hydroxyl groups is 2. The molecule has 2 aliphatic rings. The summed E-state index contributed by atoms with van der Waals surface area (Å²) in [7, 11) is -4.55. The maximum Gasteiger partial charge on any atom is 0.338 e. The Morgan fingerprint density at radius 1 is 0.850 bits per heavy atom. The molecule has 0 aliphatic carbocycles. The minimum absolute atomic E-state index is 0.00713. The Labute approximate surface area is 229 Å². The van der Waals surface area contributed by atoms with Gasteiger partial charge in [-0.2, -0.15) is 8.42 Å². The van der Waals surface area contributed by atoms with E-state index in [9.17, 15) is 33.5 Å². The van der Waals surface area contributed by atoms with Gasteiger partial charge in [-0.15, -0.1) is 0 Å². The summed E-state index contributed by atoms with van der Waals surface area (Å²) in [6, 6.07) is 21.0. The van der Waals surface area contributed by atoms with Gasteiger partial charge in [0.1, 0.15) is 36.6 Å². The van der Waals surface area contributed by atoms with Crippen molar-refractivity contribution < 1.29 is 46.7 Å². The molecule has 40 heavy (non-hydrogen) atoms. The SMILES string of the molecule is O=C(O[C@@H]1[C@@H](O)[C@H]2O[C@@H]([C@@H]1O)[C@@H](OCc1ccccc1)[C@@H]2OS(=O)(=O)c1ccc([N+](=O)[O-])cc1)c1ccccc1. The zero-order chi connectivity index (χ0) is 28.4. The van der Waals surface area contributed by atoms with Crippen LogP contribution in [0.5, 0.6) is 0 Å². The minimum atomic E-state index is -4.55. The van der Waals surface area contributed by atoms with Gasteiger partial charge >= 0.3 is 5.97 Å². The van der Waals surface area contributed by atoms with Crippen molar-refractivity contribution in [2.75, 3.05) is 0 Å². The second-order valence-electron chi connectivity index (χ2n) is 9.31. The lowest BCUT2D eigenvalue weighted by Gasteiger charge is -2.37. The molecule has 0 saturated carbocycles. The summed E-state index contributed by atoms with van der Waals surface area (Å²) in [5.74, 6) is -0.803. The van der Waals surface area contributed by atoms with Gasteiger partial charge in [0.15, 0.2) is 6.10 Å². The van der Waals surface area contributed by atoms with E-state index in [1.807, 2.05) is 6.07 Å². The van der Waals surface area contributed by atoms with E-state index in [4.69, 9.17) is 18.4 Å². The Bertz CT molecular complexity index is 1450. The largest absolute Gasteiger partial charge is 0.453 e. The number of hydrogen-bond acceptors (Lipinski definition) is 11. The second kappa shape index (κ2) is 11.4. The first-order valence-electron chi connectivity index (χ1n) is 12.3. The van der Waals surface area contributed by atoms with Crippen molar-refractivity contribution in [1.29, 1.82) is 0 Å². The second-order valence-corrected chi connectivity index (χ2v) is 10.9. The number of carbonyl (C=O) groups is 1. The van der Waals surface area contributed by atoms with Crippen molar-refractivity contribution in [3.05, 3.63) is 106 Å². The van der Waals surface area contributed by atoms with Crippen LogP contribution in [0.2, 0.25) is 0 Å². The van der Waals surface area contributed by atoms with Crippen LogP contribution in [0.3, 0.4) is 0 Å². The van der Waals surface area contributed by atoms with Crippen LogP contribution in [0.15, 0.2) is 89.8 Å². The van der Waals surface area contributed by atoms with Crippen molar-refractivity contribution in [2.45, 2.75) is 54.2 Å². The van der Waals surface area contributed by atoms with Gasteiger partial charge in [-0.05, 0) is 29.8 Å².